The van der Waals surface area contributed by atoms with Gasteiger partial charge < -0.3 is 10.2 Å². The van der Waals surface area contributed by atoms with Gasteiger partial charge >= 0.3 is 0 Å². The Kier molecular flexibility index (Phi) is 7.12. The molecule has 1 N–H and O–H groups in total. The lowest BCUT2D eigenvalue weighted by Crippen LogP contribution is -2.30. The number of sulfone groups is 1. The molecule has 0 spiro atoms. The minimum atomic E-state index is -3.62. The number of benzene rings is 2. The molecule has 27 heavy (non-hydrogen) atoms. The Hall–Kier alpha value is -2.67. The van der Waals surface area contributed by atoms with E-state index in [1.807, 2.05) is 13.8 Å². The van der Waals surface area contributed by atoms with Crippen LogP contribution < -0.4 is 5.32 Å². The Balaban J connectivity index is 1.98. The average Bonchev–Trinajstić information content (AvgIpc) is 2.63. The second-order valence-corrected chi connectivity index (χ2v) is 8.19. The van der Waals surface area contributed by atoms with Crippen LogP contribution in [-0.4, -0.2) is 44.0 Å². The summed E-state index contributed by atoms with van der Waals surface area (Å²) in [5.74, 6) is -1.51. The van der Waals surface area contributed by atoms with Crippen LogP contribution in [0.3, 0.4) is 0 Å². The smallest absolute Gasteiger partial charge is 0.253 e. The van der Waals surface area contributed by atoms with E-state index < -0.39 is 21.5 Å². The van der Waals surface area contributed by atoms with E-state index in [0.29, 0.717) is 29.9 Å². The van der Waals surface area contributed by atoms with Crippen LogP contribution in [0.2, 0.25) is 0 Å². The summed E-state index contributed by atoms with van der Waals surface area (Å²) in [6.07, 6.45) is 0. The fraction of sp³-hybridized carbons (Fsp3) is 0.300. The summed E-state index contributed by atoms with van der Waals surface area (Å²) in [7, 11) is -3.62. The largest absolute Gasteiger partial charge is 0.339 e. The minimum absolute atomic E-state index is 0.0864. The number of rotatable bonds is 8. The van der Waals surface area contributed by atoms with Crippen molar-refractivity contribution in [3.8, 4) is 0 Å². The van der Waals surface area contributed by atoms with Gasteiger partial charge in [-0.3, -0.25) is 9.59 Å². The number of carbonyl (C=O) groups is 2. The summed E-state index contributed by atoms with van der Waals surface area (Å²) >= 11 is 0. The van der Waals surface area contributed by atoms with E-state index in [2.05, 4.69) is 5.32 Å². The van der Waals surface area contributed by atoms with Crippen LogP contribution in [0.4, 0.5) is 5.69 Å². The summed E-state index contributed by atoms with van der Waals surface area (Å²) in [6, 6.07) is 15.2. The molecule has 0 aromatic heterocycles. The van der Waals surface area contributed by atoms with Gasteiger partial charge in [-0.1, -0.05) is 30.3 Å². The SMILES string of the molecule is CCN(CC)C(=O)c1ccc(CS(=O)(=O)CC(=O)Nc2ccccc2)cc1. The maximum Gasteiger partial charge on any atom is 0.253 e. The quantitative estimate of drug-likeness (QED) is 0.754. The molecule has 0 aliphatic rings. The van der Waals surface area contributed by atoms with Crippen LogP contribution in [0.15, 0.2) is 54.6 Å². The van der Waals surface area contributed by atoms with Crippen LogP contribution in [-0.2, 0) is 20.4 Å². The summed E-state index contributed by atoms with van der Waals surface area (Å²) < 4.78 is 24.6. The number of para-hydroxylation sites is 1. The van der Waals surface area contributed by atoms with Gasteiger partial charge in [-0.25, -0.2) is 8.42 Å². The average molecular weight is 388 g/mol. The molecule has 0 aliphatic heterocycles. The zero-order valence-electron chi connectivity index (χ0n) is 15.5. The van der Waals surface area contributed by atoms with E-state index in [9.17, 15) is 18.0 Å². The maximum absolute atomic E-state index is 12.3. The second kappa shape index (κ2) is 9.32. The van der Waals surface area contributed by atoms with E-state index in [-0.39, 0.29) is 11.7 Å². The number of hydrogen-bond acceptors (Lipinski definition) is 4. The first-order valence-corrected chi connectivity index (χ1v) is 10.6. The van der Waals surface area contributed by atoms with Crippen LogP contribution in [0, 0.1) is 0 Å². The highest BCUT2D eigenvalue weighted by atomic mass is 32.2. The van der Waals surface area contributed by atoms with Gasteiger partial charge in [0.15, 0.2) is 9.84 Å². The predicted molar refractivity (Wildman–Crippen MR) is 106 cm³/mol. The van der Waals surface area contributed by atoms with Gasteiger partial charge in [0, 0.05) is 24.3 Å². The van der Waals surface area contributed by atoms with Gasteiger partial charge in [0.1, 0.15) is 5.75 Å². The first kappa shape index (κ1) is 20.6. The molecule has 0 saturated carbocycles. The van der Waals surface area contributed by atoms with Crippen LogP contribution in [0.25, 0.3) is 0 Å². The Morgan fingerprint density at radius 1 is 0.926 bits per heavy atom. The summed E-state index contributed by atoms with van der Waals surface area (Å²) in [4.78, 5) is 25.9. The number of amides is 2. The van der Waals surface area contributed by atoms with Crippen molar-refractivity contribution >= 4 is 27.3 Å². The number of hydrogen-bond donors (Lipinski definition) is 1. The lowest BCUT2D eigenvalue weighted by Gasteiger charge is -2.18. The lowest BCUT2D eigenvalue weighted by molar-refractivity contribution is -0.113. The van der Waals surface area contributed by atoms with Gasteiger partial charge in [-0.2, -0.15) is 0 Å². The molecule has 144 valence electrons. The number of carbonyl (C=O) groups excluding carboxylic acids is 2. The van der Waals surface area contributed by atoms with Crippen molar-refractivity contribution in [2.75, 3.05) is 24.2 Å². The maximum atomic E-state index is 12.3. The van der Waals surface area contributed by atoms with Gasteiger partial charge in [-0.05, 0) is 43.7 Å². The predicted octanol–water partition coefficient (Wildman–Crippen LogP) is 2.72. The molecular formula is C20H24N2O4S. The van der Waals surface area contributed by atoms with Crippen molar-refractivity contribution < 1.29 is 18.0 Å². The fourth-order valence-electron chi connectivity index (χ4n) is 2.66. The molecule has 0 fully saturated rings. The third-order valence-corrected chi connectivity index (χ3v) is 5.52. The molecule has 0 unspecified atom stereocenters. The highest BCUT2D eigenvalue weighted by Gasteiger charge is 2.18. The Bertz CT molecular complexity index is 874. The molecule has 6 nitrogen and oxygen atoms in total. The van der Waals surface area contributed by atoms with Gasteiger partial charge in [-0.15, -0.1) is 0 Å². The molecule has 2 aromatic rings. The summed E-state index contributed by atoms with van der Waals surface area (Å²) in [5.41, 5.74) is 1.61. The molecule has 2 rings (SSSR count). The van der Waals surface area contributed by atoms with Crippen molar-refractivity contribution in [2.45, 2.75) is 19.6 Å². The van der Waals surface area contributed by atoms with Crippen molar-refractivity contribution in [1.82, 2.24) is 4.90 Å². The highest BCUT2D eigenvalue weighted by molar-refractivity contribution is 7.91. The van der Waals surface area contributed by atoms with Crippen molar-refractivity contribution in [2.24, 2.45) is 0 Å². The van der Waals surface area contributed by atoms with E-state index in [0.717, 1.165) is 0 Å². The fourth-order valence-corrected chi connectivity index (χ4v) is 3.93. The van der Waals surface area contributed by atoms with Crippen LogP contribution in [0.1, 0.15) is 29.8 Å². The number of nitrogens with zero attached hydrogens (tertiary/aromatic N) is 1. The molecule has 0 heterocycles. The Labute approximate surface area is 160 Å². The molecule has 7 heteroatoms. The first-order valence-electron chi connectivity index (χ1n) is 8.78. The second-order valence-electron chi connectivity index (χ2n) is 6.12. The van der Waals surface area contributed by atoms with Gasteiger partial charge in [0.25, 0.3) is 5.91 Å². The molecule has 0 bridgehead atoms. The zero-order valence-corrected chi connectivity index (χ0v) is 16.3. The molecule has 0 saturated heterocycles. The molecule has 0 atom stereocenters. The standard InChI is InChI=1S/C20H24N2O4S/c1-3-22(4-2)20(24)17-12-10-16(11-13-17)14-27(25,26)15-19(23)21-18-8-6-5-7-9-18/h5-13H,3-4,14-15H2,1-2H3,(H,21,23). The third kappa shape index (κ3) is 6.21. The third-order valence-electron chi connectivity index (χ3n) is 4.05. The highest BCUT2D eigenvalue weighted by Crippen LogP contribution is 2.12. The molecule has 0 aliphatic carbocycles. The first-order chi connectivity index (χ1) is 12.8. The van der Waals surface area contributed by atoms with E-state index >= 15 is 0 Å². The van der Waals surface area contributed by atoms with Gasteiger partial charge in [0.2, 0.25) is 5.91 Å². The molecule has 2 aromatic carbocycles. The molecule has 2 amide bonds. The molecule has 0 radical (unpaired) electrons. The summed E-state index contributed by atoms with van der Waals surface area (Å²) in [5, 5.41) is 2.56. The number of anilines is 1. The van der Waals surface area contributed by atoms with E-state index in [1.54, 1.807) is 59.5 Å². The van der Waals surface area contributed by atoms with Gasteiger partial charge in [0.05, 0.1) is 5.75 Å². The van der Waals surface area contributed by atoms with Crippen molar-refractivity contribution in [3.63, 3.8) is 0 Å². The van der Waals surface area contributed by atoms with Crippen molar-refractivity contribution in [3.05, 3.63) is 65.7 Å². The number of nitrogens with one attached hydrogen (secondary N) is 1. The lowest BCUT2D eigenvalue weighted by atomic mass is 10.1. The monoisotopic (exact) mass is 388 g/mol. The molecular weight excluding hydrogens is 364 g/mol. The zero-order chi connectivity index (χ0) is 19.9. The Morgan fingerprint density at radius 2 is 1.52 bits per heavy atom. The Morgan fingerprint density at radius 3 is 2.07 bits per heavy atom. The minimum Gasteiger partial charge on any atom is -0.339 e. The normalized spacial score (nSPS) is 11.0. The van der Waals surface area contributed by atoms with E-state index in [4.69, 9.17) is 0 Å². The van der Waals surface area contributed by atoms with E-state index in [1.165, 1.54) is 0 Å². The summed E-state index contributed by atoms with van der Waals surface area (Å²) in [6.45, 7) is 5.04. The topological polar surface area (TPSA) is 83.6 Å². The van der Waals surface area contributed by atoms with Crippen molar-refractivity contribution in [1.29, 1.82) is 0 Å². The van der Waals surface area contributed by atoms with Crippen LogP contribution in [0.5, 0.6) is 0 Å². The van der Waals surface area contributed by atoms with Crippen LogP contribution >= 0.6 is 0 Å².